The molecule has 3 rings (SSSR count). The average molecular weight is 258 g/mol. The molecule has 3 heteroatoms. The summed E-state index contributed by atoms with van der Waals surface area (Å²) >= 11 is 4.34. The van der Waals surface area contributed by atoms with Gasteiger partial charge in [0.25, 0.3) is 0 Å². The number of hydrogen-bond acceptors (Lipinski definition) is 2. The monoisotopic (exact) mass is 258 g/mol. The molecule has 1 aromatic carbocycles. The summed E-state index contributed by atoms with van der Waals surface area (Å²) in [5.74, 6) is 0.847. The minimum Gasteiger partial charge on any atom is -0.350 e. The molecule has 1 aliphatic rings. The SMILES string of the molecule is Cn1cc(C2=CCN(CS)CC2)c2ccccc21. The fraction of sp³-hybridized carbons (Fsp3) is 0.333. The van der Waals surface area contributed by atoms with Gasteiger partial charge in [-0.1, -0.05) is 24.3 Å². The molecule has 0 unspecified atom stereocenters. The number of aromatic nitrogens is 1. The van der Waals surface area contributed by atoms with Crippen molar-refractivity contribution in [3.63, 3.8) is 0 Å². The molecule has 2 heterocycles. The van der Waals surface area contributed by atoms with Gasteiger partial charge in [-0.2, -0.15) is 12.6 Å². The quantitative estimate of drug-likeness (QED) is 0.813. The van der Waals surface area contributed by atoms with Crippen LogP contribution in [-0.2, 0) is 7.05 Å². The van der Waals surface area contributed by atoms with Crippen molar-refractivity contribution >= 4 is 29.1 Å². The molecule has 94 valence electrons. The lowest BCUT2D eigenvalue weighted by molar-refractivity contribution is 0.356. The molecule has 2 nitrogen and oxygen atoms in total. The van der Waals surface area contributed by atoms with Gasteiger partial charge in [0, 0.05) is 48.7 Å². The van der Waals surface area contributed by atoms with Crippen molar-refractivity contribution in [2.24, 2.45) is 7.05 Å². The number of hydrogen-bond donors (Lipinski definition) is 1. The molecule has 1 aromatic heterocycles. The van der Waals surface area contributed by atoms with Crippen LogP contribution < -0.4 is 0 Å². The van der Waals surface area contributed by atoms with Gasteiger partial charge in [0.1, 0.15) is 0 Å². The summed E-state index contributed by atoms with van der Waals surface area (Å²) in [6.45, 7) is 2.13. The fourth-order valence-electron chi connectivity index (χ4n) is 2.68. The molecule has 0 saturated heterocycles. The molecule has 2 aromatic rings. The van der Waals surface area contributed by atoms with Gasteiger partial charge in [-0.05, 0) is 18.1 Å². The number of thiol groups is 1. The normalized spacial score (nSPS) is 17.1. The van der Waals surface area contributed by atoms with E-state index in [0.717, 1.165) is 25.4 Å². The number of benzene rings is 1. The third kappa shape index (κ3) is 1.98. The summed E-state index contributed by atoms with van der Waals surface area (Å²) in [6, 6.07) is 8.62. The summed E-state index contributed by atoms with van der Waals surface area (Å²) in [7, 11) is 2.12. The number of rotatable bonds is 2. The second-order valence-electron chi connectivity index (χ2n) is 4.87. The second-order valence-corrected chi connectivity index (χ2v) is 5.15. The van der Waals surface area contributed by atoms with Crippen molar-refractivity contribution < 1.29 is 0 Å². The minimum atomic E-state index is 0.847. The number of aryl methyl sites for hydroxylation is 1. The molecule has 0 radical (unpaired) electrons. The van der Waals surface area contributed by atoms with Gasteiger partial charge >= 0.3 is 0 Å². The van der Waals surface area contributed by atoms with Crippen LogP contribution in [0.3, 0.4) is 0 Å². The van der Waals surface area contributed by atoms with Gasteiger partial charge in [0.2, 0.25) is 0 Å². The lowest BCUT2D eigenvalue weighted by Gasteiger charge is -2.24. The summed E-state index contributed by atoms with van der Waals surface area (Å²) in [6.07, 6.45) is 5.73. The van der Waals surface area contributed by atoms with Crippen LogP contribution in [0.2, 0.25) is 0 Å². The van der Waals surface area contributed by atoms with E-state index >= 15 is 0 Å². The first-order valence-electron chi connectivity index (χ1n) is 6.36. The van der Waals surface area contributed by atoms with Crippen molar-refractivity contribution in [3.05, 3.63) is 42.1 Å². The standard InChI is InChI=1S/C15H18N2S/c1-16-10-14(13-4-2-3-5-15(13)16)12-6-8-17(11-18)9-7-12/h2-6,10,18H,7-9,11H2,1H3. The zero-order chi connectivity index (χ0) is 12.5. The summed E-state index contributed by atoms with van der Waals surface area (Å²) in [4.78, 5) is 2.34. The van der Waals surface area contributed by atoms with Crippen molar-refractivity contribution in [1.29, 1.82) is 0 Å². The third-order valence-corrected chi connectivity index (χ3v) is 4.14. The van der Waals surface area contributed by atoms with Crippen LogP contribution in [0, 0.1) is 0 Å². The Labute approximate surface area is 113 Å². The summed E-state index contributed by atoms with van der Waals surface area (Å²) in [5.41, 5.74) is 4.18. The molecule has 0 amide bonds. The first-order chi connectivity index (χ1) is 8.79. The minimum absolute atomic E-state index is 0.847. The van der Waals surface area contributed by atoms with Crippen LogP contribution in [0.1, 0.15) is 12.0 Å². The van der Waals surface area contributed by atoms with E-state index in [2.05, 4.69) is 65.7 Å². The topological polar surface area (TPSA) is 8.17 Å². The van der Waals surface area contributed by atoms with Crippen LogP contribution >= 0.6 is 12.6 Å². The predicted octanol–water partition coefficient (Wildman–Crippen LogP) is 3.15. The van der Waals surface area contributed by atoms with Crippen LogP contribution in [-0.4, -0.2) is 28.4 Å². The van der Waals surface area contributed by atoms with E-state index in [1.54, 1.807) is 0 Å². The molecule has 0 spiro atoms. The van der Waals surface area contributed by atoms with E-state index in [9.17, 15) is 0 Å². The maximum Gasteiger partial charge on any atom is 0.0484 e. The molecular weight excluding hydrogens is 240 g/mol. The average Bonchev–Trinajstić information content (AvgIpc) is 2.77. The Morgan fingerprint density at radius 1 is 1.28 bits per heavy atom. The van der Waals surface area contributed by atoms with Crippen LogP contribution in [0.5, 0.6) is 0 Å². The van der Waals surface area contributed by atoms with Crippen molar-refractivity contribution in [3.8, 4) is 0 Å². The van der Waals surface area contributed by atoms with E-state index in [1.807, 2.05) is 0 Å². The molecule has 0 N–H and O–H groups in total. The summed E-state index contributed by atoms with van der Waals surface area (Å²) in [5, 5.41) is 1.37. The number of fused-ring (bicyclic) bond motifs is 1. The van der Waals surface area contributed by atoms with Gasteiger partial charge in [-0.3, -0.25) is 4.90 Å². The highest BCUT2D eigenvalue weighted by Crippen LogP contribution is 2.30. The largest absolute Gasteiger partial charge is 0.350 e. The molecule has 1 aliphatic heterocycles. The molecular formula is C15H18N2S. The van der Waals surface area contributed by atoms with Crippen molar-refractivity contribution in [1.82, 2.24) is 9.47 Å². The maximum atomic E-state index is 4.34. The van der Waals surface area contributed by atoms with Crippen LogP contribution in [0.4, 0.5) is 0 Å². The Balaban J connectivity index is 2.03. The van der Waals surface area contributed by atoms with Crippen molar-refractivity contribution in [2.75, 3.05) is 19.0 Å². The Bertz CT molecular complexity index is 598. The zero-order valence-corrected chi connectivity index (χ0v) is 11.5. The molecule has 0 atom stereocenters. The van der Waals surface area contributed by atoms with Gasteiger partial charge < -0.3 is 4.57 Å². The molecule has 0 bridgehead atoms. The third-order valence-electron chi connectivity index (χ3n) is 3.74. The highest BCUT2D eigenvalue weighted by Gasteiger charge is 2.15. The molecule has 18 heavy (non-hydrogen) atoms. The second kappa shape index (κ2) is 4.82. The molecule has 0 fully saturated rings. The Hall–Kier alpha value is -1.19. The van der Waals surface area contributed by atoms with Crippen molar-refractivity contribution in [2.45, 2.75) is 6.42 Å². The van der Waals surface area contributed by atoms with E-state index in [-0.39, 0.29) is 0 Å². The van der Waals surface area contributed by atoms with E-state index < -0.39 is 0 Å². The van der Waals surface area contributed by atoms with Gasteiger partial charge in [0.15, 0.2) is 0 Å². The predicted molar refractivity (Wildman–Crippen MR) is 80.9 cm³/mol. The summed E-state index contributed by atoms with van der Waals surface area (Å²) < 4.78 is 2.22. The van der Waals surface area contributed by atoms with Gasteiger partial charge in [-0.25, -0.2) is 0 Å². The van der Waals surface area contributed by atoms with E-state index in [1.165, 1.54) is 22.0 Å². The van der Waals surface area contributed by atoms with Crippen LogP contribution in [0.25, 0.3) is 16.5 Å². The highest BCUT2D eigenvalue weighted by atomic mass is 32.1. The Morgan fingerprint density at radius 2 is 2.11 bits per heavy atom. The first-order valence-corrected chi connectivity index (χ1v) is 6.99. The highest BCUT2D eigenvalue weighted by molar-refractivity contribution is 7.80. The smallest absolute Gasteiger partial charge is 0.0484 e. The first kappa shape index (κ1) is 11.9. The van der Waals surface area contributed by atoms with Gasteiger partial charge in [-0.15, -0.1) is 0 Å². The lowest BCUT2D eigenvalue weighted by atomic mass is 9.99. The number of nitrogens with zero attached hydrogens (tertiary/aromatic N) is 2. The van der Waals surface area contributed by atoms with Gasteiger partial charge in [0.05, 0.1) is 0 Å². The lowest BCUT2D eigenvalue weighted by Crippen LogP contribution is -2.27. The van der Waals surface area contributed by atoms with Crippen LogP contribution in [0.15, 0.2) is 36.5 Å². The fourth-order valence-corrected chi connectivity index (χ4v) is 2.94. The Kier molecular flexibility index (Phi) is 3.18. The number of para-hydroxylation sites is 1. The molecule has 0 saturated carbocycles. The zero-order valence-electron chi connectivity index (χ0n) is 10.6. The van der Waals surface area contributed by atoms with E-state index in [4.69, 9.17) is 0 Å². The molecule has 0 aliphatic carbocycles. The van der Waals surface area contributed by atoms with E-state index in [0.29, 0.717) is 0 Å². The maximum absolute atomic E-state index is 4.34. The Morgan fingerprint density at radius 3 is 2.83 bits per heavy atom.